The Labute approximate surface area is 120 Å². The maximum atomic E-state index is 11.4. The number of pyridine rings is 1. The summed E-state index contributed by atoms with van der Waals surface area (Å²) in [5.41, 5.74) is 0.462. The lowest BCUT2D eigenvalue weighted by atomic mass is 10.3. The van der Waals surface area contributed by atoms with Gasteiger partial charge in [0, 0.05) is 6.07 Å². The van der Waals surface area contributed by atoms with Gasteiger partial charge in [-0.15, -0.1) is 0 Å². The third kappa shape index (κ3) is 3.75. The molecule has 0 unspecified atom stereocenters. The first-order valence-electron chi connectivity index (χ1n) is 6.15. The van der Waals surface area contributed by atoms with Gasteiger partial charge >= 0.3 is 5.97 Å². The Kier molecular flexibility index (Phi) is 4.45. The fourth-order valence-corrected chi connectivity index (χ4v) is 1.53. The van der Waals surface area contributed by atoms with Gasteiger partial charge in [0.2, 0.25) is 5.76 Å². The summed E-state index contributed by atoms with van der Waals surface area (Å²) in [6, 6.07) is 6.01. The summed E-state index contributed by atoms with van der Waals surface area (Å²) >= 11 is 0. The molecule has 0 saturated carbocycles. The number of hydrogen-bond acceptors (Lipinski definition) is 6. The number of hydrogen-bond donors (Lipinski definition) is 0. The van der Waals surface area contributed by atoms with Crippen molar-refractivity contribution < 1.29 is 18.9 Å². The fourth-order valence-electron chi connectivity index (χ4n) is 1.53. The molecule has 0 aliphatic heterocycles. The van der Waals surface area contributed by atoms with Crippen molar-refractivity contribution in [1.82, 2.24) is 4.98 Å². The lowest BCUT2D eigenvalue weighted by Gasteiger charge is -1.96. The van der Waals surface area contributed by atoms with Gasteiger partial charge in [0.05, 0.1) is 17.2 Å². The second-order valence-corrected chi connectivity index (χ2v) is 3.95. The molecule has 21 heavy (non-hydrogen) atoms. The summed E-state index contributed by atoms with van der Waals surface area (Å²) in [6.45, 7) is 1.99. The van der Waals surface area contributed by atoms with Crippen molar-refractivity contribution in [2.45, 2.75) is 6.92 Å². The van der Waals surface area contributed by atoms with E-state index in [1.165, 1.54) is 24.4 Å². The normalized spacial score (nSPS) is 10.7. The summed E-state index contributed by atoms with van der Waals surface area (Å²) in [6.07, 6.45) is 4.40. The fraction of sp³-hybridized carbons (Fsp3) is 0.143. The highest BCUT2D eigenvalue weighted by Crippen LogP contribution is 2.14. The molecule has 0 bridgehead atoms. The molecule has 0 saturated heterocycles. The van der Waals surface area contributed by atoms with E-state index < -0.39 is 10.9 Å². The lowest BCUT2D eigenvalue weighted by molar-refractivity contribution is -0.385. The summed E-state index contributed by atoms with van der Waals surface area (Å²) in [5.74, 6) is 0.0528. The van der Waals surface area contributed by atoms with Crippen LogP contribution in [-0.2, 0) is 4.74 Å². The topological polar surface area (TPSA) is 95.5 Å². The zero-order valence-corrected chi connectivity index (χ0v) is 11.2. The quantitative estimate of drug-likeness (QED) is 0.477. The summed E-state index contributed by atoms with van der Waals surface area (Å²) in [5, 5.41) is 10.5. The number of esters is 1. The minimum atomic E-state index is -0.523. The van der Waals surface area contributed by atoms with E-state index in [1.807, 2.05) is 0 Å². The van der Waals surface area contributed by atoms with Crippen LogP contribution in [-0.4, -0.2) is 22.5 Å². The molecule has 2 rings (SSSR count). The van der Waals surface area contributed by atoms with E-state index in [0.717, 1.165) is 0 Å². The largest absolute Gasteiger partial charge is 0.460 e. The Bertz CT molecular complexity index is 673. The third-order valence-corrected chi connectivity index (χ3v) is 2.50. The molecule has 7 heteroatoms. The van der Waals surface area contributed by atoms with E-state index in [1.54, 1.807) is 25.1 Å². The van der Waals surface area contributed by atoms with E-state index in [2.05, 4.69) is 4.98 Å². The molecule has 2 heterocycles. The molecule has 0 aliphatic carbocycles. The van der Waals surface area contributed by atoms with Gasteiger partial charge in [0.15, 0.2) is 0 Å². The standard InChI is InChI=1S/C14H12N2O5/c1-2-20-14(17)13-8-7-12(21-13)6-4-10-3-5-11(9-15-10)16(18)19/h3-9H,2H2,1H3. The van der Waals surface area contributed by atoms with E-state index in [0.29, 0.717) is 11.5 Å². The van der Waals surface area contributed by atoms with Crippen molar-refractivity contribution in [3.63, 3.8) is 0 Å². The number of rotatable bonds is 5. The first-order chi connectivity index (χ1) is 10.1. The van der Waals surface area contributed by atoms with Crippen LogP contribution in [0.1, 0.15) is 28.9 Å². The monoisotopic (exact) mass is 288 g/mol. The lowest BCUT2D eigenvalue weighted by Crippen LogP contribution is -2.02. The van der Waals surface area contributed by atoms with Crippen LogP contribution in [0.5, 0.6) is 0 Å². The van der Waals surface area contributed by atoms with E-state index in [4.69, 9.17) is 9.15 Å². The molecular formula is C14H12N2O5. The van der Waals surface area contributed by atoms with E-state index in [-0.39, 0.29) is 18.1 Å². The second kappa shape index (κ2) is 6.47. The van der Waals surface area contributed by atoms with Crippen LogP contribution in [0.3, 0.4) is 0 Å². The highest BCUT2D eigenvalue weighted by atomic mass is 16.6. The number of carbonyl (C=O) groups excluding carboxylic acids is 1. The van der Waals surface area contributed by atoms with Gasteiger partial charge in [-0.25, -0.2) is 9.78 Å². The van der Waals surface area contributed by atoms with Gasteiger partial charge in [-0.1, -0.05) is 0 Å². The number of nitrogens with zero attached hydrogens (tertiary/aromatic N) is 2. The van der Waals surface area contributed by atoms with Gasteiger partial charge in [-0.05, 0) is 37.3 Å². The van der Waals surface area contributed by atoms with Crippen LogP contribution >= 0.6 is 0 Å². The van der Waals surface area contributed by atoms with Crippen molar-refractivity contribution in [1.29, 1.82) is 0 Å². The smallest absolute Gasteiger partial charge is 0.374 e. The number of nitro groups is 1. The van der Waals surface area contributed by atoms with E-state index >= 15 is 0 Å². The molecule has 7 nitrogen and oxygen atoms in total. The molecule has 108 valence electrons. The maximum Gasteiger partial charge on any atom is 0.374 e. The van der Waals surface area contributed by atoms with Crippen molar-refractivity contribution in [3.8, 4) is 0 Å². The molecule has 0 fully saturated rings. The zero-order chi connectivity index (χ0) is 15.2. The molecule has 0 atom stereocenters. The Hall–Kier alpha value is -2.96. The second-order valence-electron chi connectivity index (χ2n) is 3.95. The number of ether oxygens (including phenoxy) is 1. The van der Waals surface area contributed by atoms with Crippen LogP contribution in [0.25, 0.3) is 12.2 Å². The molecule has 0 spiro atoms. The Balaban J connectivity index is 2.07. The molecular weight excluding hydrogens is 276 g/mol. The number of furan rings is 1. The molecule has 2 aromatic rings. The van der Waals surface area contributed by atoms with Crippen LogP contribution in [0.15, 0.2) is 34.9 Å². The molecule has 2 aromatic heterocycles. The average Bonchev–Trinajstić information content (AvgIpc) is 2.95. The van der Waals surface area contributed by atoms with Gasteiger partial charge in [-0.3, -0.25) is 10.1 Å². The van der Waals surface area contributed by atoms with Gasteiger partial charge in [0.1, 0.15) is 12.0 Å². The molecule has 0 radical (unpaired) electrons. The summed E-state index contributed by atoms with van der Waals surface area (Å²) in [4.78, 5) is 25.3. The average molecular weight is 288 g/mol. The first-order valence-corrected chi connectivity index (χ1v) is 6.15. The van der Waals surface area contributed by atoms with Crippen molar-refractivity contribution >= 4 is 23.8 Å². The van der Waals surface area contributed by atoms with Crippen molar-refractivity contribution in [2.24, 2.45) is 0 Å². The number of carbonyl (C=O) groups is 1. The predicted molar refractivity (Wildman–Crippen MR) is 74.5 cm³/mol. The molecule has 0 amide bonds. The molecule has 0 aromatic carbocycles. The first kappa shape index (κ1) is 14.4. The number of aromatic nitrogens is 1. The van der Waals surface area contributed by atoms with Crippen molar-refractivity contribution in [2.75, 3.05) is 6.61 Å². The summed E-state index contributed by atoms with van der Waals surface area (Å²) < 4.78 is 10.1. The van der Waals surface area contributed by atoms with Gasteiger partial charge in [0.25, 0.3) is 5.69 Å². The minimum Gasteiger partial charge on any atom is -0.460 e. The van der Waals surface area contributed by atoms with Crippen LogP contribution in [0.4, 0.5) is 5.69 Å². The SMILES string of the molecule is CCOC(=O)c1ccc(C=Cc2ccc([N+](=O)[O-])cn2)o1. The van der Waals surface area contributed by atoms with E-state index in [9.17, 15) is 14.9 Å². The molecule has 0 N–H and O–H groups in total. The Morgan fingerprint density at radius 3 is 2.81 bits per heavy atom. The summed E-state index contributed by atoms with van der Waals surface area (Å²) in [7, 11) is 0. The van der Waals surface area contributed by atoms with Gasteiger partial charge < -0.3 is 9.15 Å². The highest BCUT2D eigenvalue weighted by Gasteiger charge is 2.10. The van der Waals surface area contributed by atoms with Crippen LogP contribution in [0.2, 0.25) is 0 Å². The van der Waals surface area contributed by atoms with Gasteiger partial charge in [-0.2, -0.15) is 0 Å². The van der Waals surface area contributed by atoms with Crippen molar-refractivity contribution in [3.05, 3.63) is 57.8 Å². The minimum absolute atomic E-state index is 0.0743. The Morgan fingerprint density at radius 2 is 2.19 bits per heavy atom. The maximum absolute atomic E-state index is 11.4. The third-order valence-electron chi connectivity index (χ3n) is 2.50. The Morgan fingerprint density at radius 1 is 1.38 bits per heavy atom. The highest BCUT2D eigenvalue weighted by molar-refractivity contribution is 5.86. The molecule has 0 aliphatic rings. The predicted octanol–water partition coefficient (Wildman–Crippen LogP) is 2.93. The van der Waals surface area contributed by atoms with Crippen LogP contribution in [0, 0.1) is 10.1 Å². The van der Waals surface area contributed by atoms with Crippen LogP contribution < -0.4 is 0 Å². The zero-order valence-electron chi connectivity index (χ0n) is 11.2.